The molecule has 0 radical (unpaired) electrons. The molecule has 38 heavy (non-hydrogen) atoms. The zero-order valence-electron chi connectivity index (χ0n) is 25.7. The second-order valence-corrected chi connectivity index (χ2v) is 11.9. The van der Waals surface area contributed by atoms with Crippen LogP contribution in [0.5, 0.6) is 0 Å². The van der Waals surface area contributed by atoms with E-state index in [9.17, 15) is 19.8 Å². The van der Waals surface area contributed by atoms with E-state index in [1.165, 1.54) is 103 Å². The minimum atomic E-state index is -1.48. The van der Waals surface area contributed by atoms with Crippen molar-refractivity contribution in [2.24, 2.45) is 5.41 Å². The van der Waals surface area contributed by atoms with Crippen molar-refractivity contribution in [2.75, 3.05) is 13.1 Å². The summed E-state index contributed by atoms with van der Waals surface area (Å²) in [5.74, 6) is 0.00264. The van der Waals surface area contributed by atoms with E-state index in [2.05, 4.69) is 19.2 Å². The third-order valence-electron chi connectivity index (χ3n) is 8.05. The highest BCUT2D eigenvalue weighted by atomic mass is 16.5. The second kappa shape index (κ2) is 26.4. The summed E-state index contributed by atoms with van der Waals surface area (Å²) in [4.78, 5) is 26.3. The summed E-state index contributed by atoms with van der Waals surface area (Å²) in [7, 11) is 0. The van der Waals surface area contributed by atoms with Gasteiger partial charge in [0.05, 0.1) is 5.41 Å². The monoisotopic (exact) mass is 539 g/mol. The molecule has 0 aromatic rings. The molecule has 0 aliphatic rings. The van der Waals surface area contributed by atoms with Crippen LogP contribution in [0.1, 0.15) is 175 Å². The number of hydrogen-bond donors (Lipinski definition) is 3. The molecule has 0 aromatic heterocycles. The van der Waals surface area contributed by atoms with Crippen LogP contribution in [0.4, 0.5) is 0 Å². The lowest BCUT2D eigenvalue weighted by molar-refractivity contribution is -0.140. The Balaban J connectivity index is 4.23. The predicted octanol–water partition coefficient (Wildman–Crippen LogP) is 8.43. The number of unbranched alkanes of at least 4 members (excludes halogenated alkanes) is 20. The number of aliphatic hydroxyl groups excluding tert-OH is 1. The molecular formula is C33H65NO4. The van der Waals surface area contributed by atoms with Crippen molar-refractivity contribution >= 4 is 11.6 Å². The first-order chi connectivity index (χ1) is 18.4. The Labute approximate surface area is 236 Å². The molecule has 0 saturated carbocycles. The highest BCUT2D eigenvalue weighted by Gasteiger charge is 2.38. The summed E-state index contributed by atoms with van der Waals surface area (Å²) in [6.07, 6.45) is 26.5. The molecule has 0 amide bonds. The average molecular weight is 540 g/mol. The summed E-state index contributed by atoms with van der Waals surface area (Å²) < 4.78 is 0. The Kier molecular flexibility index (Phi) is 25.9. The third kappa shape index (κ3) is 21.1. The Morgan fingerprint density at radius 1 is 0.553 bits per heavy atom. The third-order valence-corrected chi connectivity index (χ3v) is 8.05. The first kappa shape index (κ1) is 37.2. The fraction of sp³-hybridized carbons (Fsp3) is 0.939. The number of nitrogens with one attached hydrogen (secondary N) is 1. The van der Waals surface area contributed by atoms with Gasteiger partial charge in [-0.25, -0.2) is 0 Å². The SMILES string of the molecule is CCCCCCCCCCCCCC(=O)C(C)(CNCC(O)O)C(=O)CCCCCCCCCCCCC. The van der Waals surface area contributed by atoms with Crippen molar-refractivity contribution in [3.05, 3.63) is 0 Å². The number of rotatable bonds is 30. The number of Topliss-reactive ketones (excluding diaryl/α,β-unsaturated/α-hetero) is 2. The van der Waals surface area contributed by atoms with Crippen LogP contribution in [0.15, 0.2) is 0 Å². The van der Waals surface area contributed by atoms with E-state index < -0.39 is 11.7 Å². The number of hydrogen-bond acceptors (Lipinski definition) is 5. The van der Waals surface area contributed by atoms with Gasteiger partial charge in [0, 0.05) is 25.9 Å². The number of ketones is 2. The van der Waals surface area contributed by atoms with Crippen LogP contribution in [0.3, 0.4) is 0 Å². The van der Waals surface area contributed by atoms with Crippen LogP contribution in [-0.2, 0) is 9.59 Å². The molecule has 0 saturated heterocycles. The van der Waals surface area contributed by atoms with E-state index in [0.29, 0.717) is 12.8 Å². The lowest BCUT2D eigenvalue weighted by Gasteiger charge is -2.27. The molecule has 5 nitrogen and oxygen atoms in total. The second-order valence-electron chi connectivity index (χ2n) is 11.9. The number of carbonyl (C=O) groups excluding carboxylic acids is 2. The lowest BCUT2D eigenvalue weighted by atomic mass is 9.77. The van der Waals surface area contributed by atoms with Gasteiger partial charge in [-0.2, -0.15) is 0 Å². The maximum atomic E-state index is 13.2. The van der Waals surface area contributed by atoms with Gasteiger partial charge in [0.15, 0.2) is 6.29 Å². The van der Waals surface area contributed by atoms with E-state index in [-0.39, 0.29) is 24.7 Å². The molecule has 0 spiro atoms. The molecule has 0 aliphatic heterocycles. The largest absolute Gasteiger partial charge is 0.367 e. The van der Waals surface area contributed by atoms with Gasteiger partial charge in [-0.1, -0.05) is 142 Å². The molecule has 226 valence electrons. The normalized spacial score (nSPS) is 11.9. The molecular weight excluding hydrogens is 474 g/mol. The summed E-state index contributed by atoms with van der Waals surface area (Å²) >= 11 is 0. The van der Waals surface area contributed by atoms with Crippen molar-refractivity contribution in [3.63, 3.8) is 0 Å². The van der Waals surface area contributed by atoms with Crippen LogP contribution >= 0.6 is 0 Å². The Morgan fingerprint density at radius 2 is 0.842 bits per heavy atom. The average Bonchev–Trinajstić information content (AvgIpc) is 2.89. The molecule has 0 rings (SSSR count). The summed E-state index contributed by atoms with van der Waals surface area (Å²) in [5.41, 5.74) is -1.08. The molecule has 3 N–H and O–H groups in total. The molecule has 0 unspecified atom stereocenters. The Morgan fingerprint density at radius 3 is 1.13 bits per heavy atom. The van der Waals surface area contributed by atoms with Crippen molar-refractivity contribution in [2.45, 2.75) is 181 Å². The van der Waals surface area contributed by atoms with E-state index >= 15 is 0 Å². The lowest BCUT2D eigenvalue weighted by Crippen LogP contribution is -2.46. The van der Waals surface area contributed by atoms with Crippen LogP contribution in [0.25, 0.3) is 0 Å². The fourth-order valence-electron chi connectivity index (χ4n) is 5.26. The smallest absolute Gasteiger partial charge is 0.164 e. The number of carbonyl (C=O) groups is 2. The van der Waals surface area contributed by atoms with Crippen LogP contribution in [0, 0.1) is 5.41 Å². The fourth-order valence-corrected chi connectivity index (χ4v) is 5.26. The van der Waals surface area contributed by atoms with Gasteiger partial charge in [0.1, 0.15) is 11.6 Å². The van der Waals surface area contributed by atoms with Crippen LogP contribution in [-0.4, -0.2) is 41.2 Å². The molecule has 5 heteroatoms. The zero-order chi connectivity index (χ0) is 28.3. The minimum absolute atomic E-state index is 0.00132. The Bertz CT molecular complexity index is 511. The molecule has 0 heterocycles. The van der Waals surface area contributed by atoms with Gasteiger partial charge in [-0.15, -0.1) is 0 Å². The maximum absolute atomic E-state index is 13.2. The van der Waals surface area contributed by atoms with Crippen molar-refractivity contribution in [3.8, 4) is 0 Å². The van der Waals surface area contributed by atoms with E-state index in [0.717, 1.165) is 38.5 Å². The maximum Gasteiger partial charge on any atom is 0.164 e. The van der Waals surface area contributed by atoms with E-state index in [4.69, 9.17) is 0 Å². The summed E-state index contributed by atoms with van der Waals surface area (Å²) in [6, 6.07) is 0. The molecule has 0 bridgehead atoms. The standard InChI is InChI=1S/C33H65NO4/c1-4-6-8-10-12-14-16-18-20-22-24-26-30(35)33(3,29-34-28-32(37)38)31(36)27-25-23-21-19-17-15-13-11-9-7-5-2/h32,34,37-38H,4-29H2,1-3H3. The van der Waals surface area contributed by atoms with Gasteiger partial charge in [-0.3, -0.25) is 9.59 Å². The van der Waals surface area contributed by atoms with E-state index in [1.807, 2.05) is 0 Å². The predicted molar refractivity (Wildman–Crippen MR) is 161 cm³/mol. The quantitative estimate of drug-likeness (QED) is 0.0484. The summed E-state index contributed by atoms with van der Waals surface area (Å²) in [6.45, 7) is 6.40. The highest BCUT2D eigenvalue weighted by molar-refractivity contribution is 6.06. The highest BCUT2D eigenvalue weighted by Crippen LogP contribution is 2.26. The molecule has 0 aliphatic carbocycles. The molecule has 0 aromatic carbocycles. The first-order valence-electron chi connectivity index (χ1n) is 16.5. The van der Waals surface area contributed by atoms with Crippen LogP contribution in [0.2, 0.25) is 0 Å². The van der Waals surface area contributed by atoms with Gasteiger partial charge < -0.3 is 15.5 Å². The van der Waals surface area contributed by atoms with Crippen molar-refractivity contribution in [1.29, 1.82) is 0 Å². The zero-order valence-corrected chi connectivity index (χ0v) is 25.7. The minimum Gasteiger partial charge on any atom is -0.367 e. The van der Waals surface area contributed by atoms with Gasteiger partial charge in [0.25, 0.3) is 0 Å². The van der Waals surface area contributed by atoms with Crippen molar-refractivity contribution in [1.82, 2.24) is 5.32 Å². The van der Waals surface area contributed by atoms with Gasteiger partial charge in [-0.05, 0) is 19.8 Å². The number of aliphatic hydroxyl groups is 2. The van der Waals surface area contributed by atoms with E-state index in [1.54, 1.807) is 6.92 Å². The summed E-state index contributed by atoms with van der Waals surface area (Å²) in [5, 5.41) is 21.3. The first-order valence-corrected chi connectivity index (χ1v) is 16.5. The Hall–Kier alpha value is -0.780. The van der Waals surface area contributed by atoms with Crippen molar-refractivity contribution < 1.29 is 19.8 Å². The topological polar surface area (TPSA) is 86.6 Å². The van der Waals surface area contributed by atoms with Crippen LogP contribution < -0.4 is 5.32 Å². The van der Waals surface area contributed by atoms with Gasteiger partial charge in [0.2, 0.25) is 0 Å². The van der Waals surface area contributed by atoms with Gasteiger partial charge >= 0.3 is 0 Å². The molecule has 0 atom stereocenters. The molecule has 0 fully saturated rings.